The lowest BCUT2D eigenvalue weighted by Gasteiger charge is -2.20. The minimum atomic E-state index is -5.00. The fourth-order valence-corrected chi connectivity index (χ4v) is 3.67. The fraction of sp³-hybridized carbons (Fsp3) is 0.600. The Bertz CT molecular complexity index is 979. The van der Waals surface area contributed by atoms with Crippen molar-refractivity contribution in [3.8, 4) is 0 Å². The molecule has 3 heterocycles. The lowest BCUT2D eigenvalue weighted by molar-refractivity contribution is -0.155. The number of aliphatic hydroxyl groups is 2. The van der Waals surface area contributed by atoms with Gasteiger partial charge in [-0.25, -0.2) is 19.7 Å². The lowest BCUT2D eigenvalue weighted by atomic mass is 10.1. The number of aliphatic hydroxyl groups excluding tert-OH is 2. The molecular weight excluding hydrogens is 425 g/mol. The van der Waals surface area contributed by atoms with E-state index in [1.54, 1.807) is 6.92 Å². The minimum Gasteiger partial charge on any atom is -0.464 e. The van der Waals surface area contributed by atoms with Gasteiger partial charge in [-0.15, -0.1) is 0 Å². The van der Waals surface area contributed by atoms with E-state index in [0.717, 1.165) is 0 Å². The molecule has 30 heavy (non-hydrogen) atoms. The molecule has 1 aliphatic rings. The maximum Gasteiger partial charge on any atom is 0.365 e. The average molecular weight is 447 g/mol. The molecule has 0 radical (unpaired) electrons. The Morgan fingerprint density at radius 3 is 2.70 bits per heavy atom. The largest absolute Gasteiger partial charge is 0.464 e. The summed E-state index contributed by atoms with van der Waals surface area (Å²) in [5, 5.41) is 20.7. The third-order valence-electron chi connectivity index (χ3n) is 4.38. The molecule has 0 spiro atoms. The molecule has 3 rings (SSSR count). The summed E-state index contributed by atoms with van der Waals surface area (Å²) in [6.07, 6.45) is -4.01. The Labute approximate surface area is 169 Å². The second-order valence-electron chi connectivity index (χ2n) is 6.55. The highest BCUT2D eigenvalue weighted by atomic mass is 31.2. The van der Waals surface area contributed by atoms with Crippen LogP contribution in [0.1, 0.15) is 19.0 Å². The Morgan fingerprint density at radius 1 is 1.37 bits per heavy atom. The molecule has 0 bridgehead atoms. The molecule has 0 aliphatic carbocycles. The number of ether oxygens (including phenoxy) is 3. The molecule has 15 heteroatoms. The normalized spacial score (nSPS) is 25.5. The van der Waals surface area contributed by atoms with E-state index < -0.39 is 50.6 Å². The van der Waals surface area contributed by atoms with E-state index in [2.05, 4.69) is 19.7 Å². The molecular formula is C15H22N5O9P. The number of carbonyl (C=O) groups excluding carboxylic acids is 1. The van der Waals surface area contributed by atoms with Crippen molar-refractivity contribution in [2.45, 2.75) is 44.2 Å². The average Bonchev–Trinajstić information content (AvgIpc) is 3.17. The molecule has 0 amide bonds. The molecule has 0 saturated carbocycles. The van der Waals surface area contributed by atoms with Gasteiger partial charge in [0.1, 0.15) is 29.7 Å². The standard InChI is InChI=1S/C15H22N5O9P/c1-3-27-14(23)15(30(24,25)26)28-4-7-9(21)10(22)13(29-7)20-5-17-8-11(16)18-6(2)19-12(8)20/h5,7,9-10,13,15,21-22H,3-4H2,1-2H3,(H2,16,18,19)(H2,24,25,26)/t7-,9-,10-,13-,15?/m1/s1. The molecule has 1 unspecified atom stereocenters. The van der Waals surface area contributed by atoms with Crippen LogP contribution < -0.4 is 5.73 Å². The Hall–Kier alpha value is -2.19. The van der Waals surface area contributed by atoms with E-state index in [-0.39, 0.29) is 23.6 Å². The SMILES string of the molecule is CCOC(=O)C(OC[C@H]1O[C@@H](n2cnc3c(N)nc(C)nc32)[C@H](O)[C@@H]1O)P(=O)(O)O. The molecule has 14 nitrogen and oxygen atoms in total. The molecule has 0 aromatic carbocycles. The monoisotopic (exact) mass is 447 g/mol. The predicted molar refractivity (Wildman–Crippen MR) is 98.8 cm³/mol. The quantitative estimate of drug-likeness (QED) is 0.240. The topological polar surface area (TPSA) is 212 Å². The second-order valence-corrected chi connectivity index (χ2v) is 8.20. The van der Waals surface area contributed by atoms with Crippen molar-refractivity contribution in [1.29, 1.82) is 0 Å². The van der Waals surface area contributed by atoms with E-state index in [1.165, 1.54) is 17.8 Å². The van der Waals surface area contributed by atoms with E-state index in [9.17, 15) is 29.4 Å². The highest BCUT2D eigenvalue weighted by molar-refractivity contribution is 7.53. The van der Waals surface area contributed by atoms with Crippen molar-refractivity contribution >= 4 is 30.5 Å². The summed E-state index contributed by atoms with van der Waals surface area (Å²) in [5.41, 5.74) is 6.35. The number of rotatable bonds is 7. The summed E-state index contributed by atoms with van der Waals surface area (Å²) in [5.74, 6) is -2.95. The third kappa shape index (κ3) is 4.30. The van der Waals surface area contributed by atoms with Crippen LogP contribution in [0.15, 0.2) is 6.33 Å². The number of hydrogen-bond donors (Lipinski definition) is 5. The van der Waals surface area contributed by atoms with Crippen LogP contribution in [0.2, 0.25) is 0 Å². The maximum atomic E-state index is 11.8. The molecule has 166 valence electrons. The van der Waals surface area contributed by atoms with Gasteiger partial charge in [0.25, 0.3) is 5.85 Å². The van der Waals surface area contributed by atoms with Gasteiger partial charge in [0.05, 0.1) is 19.5 Å². The Kier molecular flexibility index (Phi) is 6.38. The van der Waals surface area contributed by atoms with Crippen LogP contribution in [0, 0.1) is 6.92 Å². The zero-order chi connectivity index (χ0) is 22.2. The number of aryl methyl sites for hydroxylation is 1. The molecule has 1 aliphatic heterocycles. The van der Waals surface area contributed by atoms with Crippen molar-refractivity contribution in [2.24, 2.45) is 0 Å². The predicted octanol–water partition coefficient (Wildman–Crippen LogP) is -1.58. The van der Waals surface area contributed by atoms with E-state index in [0.29, 0.717) is 5.82 Å². The fourth-order valence-electron chi connectivity index (χ4n) is 3.04. The van der Waals surface area contributed by atoms with Crippen LogP contribution in [0.3, 0.4) is 0 Å². The second kappa shape index (κ2) is 8.51. The summed E-state index contributed by atoms with van der Waals surface area (Å²) < 4.78 is 28.1. The Balaban J connectivity index is 1.79. The zero-order valence-electron chi connectivity index (χ0n) is 16.0. The van der Waals surface area contributed by atoms with Crippen molar-refractivity contribution < 1.29 is 43.6 Å². The minimum absolute atomic E-state index is 0.111. The first kappa shape index (κ1) is 22.5. The number of aromatic nitrogens is 4. The highest BCUT2D eigenvalue weighted by Crippen LogP contribution is 2.43. The molecule has 6 N–H and O–H groups in total. The van der Waals surface area contributed by atoms with Gasteiger partial charge < -0.3 is 39.9 Å². The molecule has 2 aromatic heterocycles. The van der Waals surface area contributed by atoms with E-state index in [1.807, 2.05) is 0 Å². The first-order valence-corrected chi connectivity index (χ1v) is 10.5. The van der Waals surface area contributed by atoms with Crippen LogP contribution >= 0.6 is 7.60 Å². The summed E-state index contributed by atoms with van der Waals surface area (Å²) in [4.78, 5) is 42.7. The van der Waals surface area contributed by atoms with Crippen LogP contribution in [0.25, 0.3) is 11.2 Å². The number of hydrogen-bond acceptors (Lipinski definition) is 11. The number of nitrogens with two attached hydrogens (primary N) is 1. The highest BCUT2D eigenvalue weighted by Gasteiger charge is 2.46. The summed E-state index contributed by atoms with van der Waals surface area (Å²) in [7, 11) is -5.00. The molecule has 5 atom stereocenters. The van der Waals surface area contributed by atoms with Crippen LogP contribution in [0.4, 0.5) is 5.82 Å². The van der Waals surface area contributed by atoms with Crippen molar-refractivity contribution in [3.05, 3.63) is 12.2 Å². The third-order valence-corrected chi connectivity index (χ3v) is 5.35. The lowest BCUT2D eigenvalue weighted by Crippen LogP contribution is -2.36. The number of fused-ring (bicyclic) bond motifs is 1. The first-order chi connectivity index (χ1) is 14.0. The van der Waals surface area contributed by atoms with Gasteiger partial charge >= 0.3 is 13.6 Å². The number of anilines is 1. The van der Waals surface area contributed by atoms with Crippen molar-refractivity contribution in [1.82, 2.24) is 19.5 Å². The maximum absolute atomic E-state index is 11.8. The molecule has 1 fully saturated rings. The van der Waals surface area contributed by atoms with Gasteiger partial charge in [0, 0.05) is 0 Å². The number of nitrogen functional groups attached to an aromatic ring is 1. The Morgan fingerprint density at radius 2 is 2.07 bits per heavy atom. The first-order valence-electron chi connectivity index (χ1n) is 8.86. The van der Waals surface area contributed by atoms with E-state index >= 15 is 0 Å². The van der Waals surface area contributed by atoms with Gasteiger partial charge in [-0.1, -0.05) is 0 Å². The number of nitrogens with zero attached hydrogens (tertiary/aromatic N) is 4. The van der Waals surface area contributed by atoms with Gasteiger partial charge in [0.15, 0.2) is 17.7 Å². The van der Waals surface area contributed by atoms with Crippen molar-refractivity contribution in [3.63, 3.8) is 0 Å². The van der Waals surface area contributed by atoms with Crippen LogP contribution in [-0.4, -0.2) is 82.9 Å². The summed E-state index contributed by atoms with van der Waals surface area (Å²) in [6, 6.07) is 0. The van der Waals surface area contributed by atoms with Crippen LogP contribution in [0.5, 0.6) is 0 Å². The summed E-state index contributed by atoms with van der Waals surface area (Å²) >= 11 is 0. The number of imidazole rings is 1. The molecule has 1 saturated heterocycles. The number of carbonyl (C=O) groups is 1. The zero-order valence-corrected chi connectivity index (χ0v) is 16.9. The van der Waals surface area contributed by atoms with Gasteiger partial charge in [-0.05, 0) is 13.8 Å². The molecule has 2 aromatic rings. The van der Waals surface area contributed by atoms with Gasteiger partial charge in [-0.2, -0.15) is 0 Å². The van der Waals surface area contributed by atoms with Gasteiger partial charge in [0.2, 0.25) is 0 Å². The summed E-state index contributed by atoms with van der Waals surface area (Å²) in [6.45, 7) is 2.36. The van der Waals surface area contributed by atoms with Crippen molar-refractivity contribution in [2.75, 3.05) is 18.9 Å². The number of esters is 1. The smallest absolute Gasteiger partial charge is 0.365 e. The van der Waals surface area contributed by atoms with Gasteiger partial charge in [-0.3, -0.25) is 9.13 Å². The van der Waals surface area contributed by atoms with Crippen LogP contribution in [-0.2, 0) is 23.6 Å². The van der Waals surface area contributed by atoms with E-state index in [4.69, 9.17) is 15.2 Å².